The van der Waals surface area contributed by atoms with E-state index in [4.69, 9.17) is 0 Å². The van der Waals surface area contributed by atoms with Crippen LogP contribution in [0.3, 0.4) is 0 Å². The van der Waals surface area contributed by atoms with Crippen LogP contribution in [-0.4, -0.2) is 27.9 Å². The minimum atomic E-state index is 0.797. The predicted molar refractivity (Wildman–Crippen MR) is 81.6 cm³/mol. The maximum absolute atomic E-state index is 4.61. The zero-order valence-corrected chi connectivity index (χ0v) is 11.9. The number of nitrogens with zero attached hydrogens (tertiary/aromatic N) is 4. The Labute approximate surface area is 119 Å². The summed E-state index contributed by atoms with van der Waals surface area (Å²) in [6.45, 7) is 2.19. The van der Waals surface area contributed by atoms with Crippen LogP contribution in [0.25, 0.3) is 6.08 Å². The van der Waals surface area contributed by atoms with Gasteiger partial charge in [0.2, 0.25) is 5.95 Å². The van der Waals surface area contributed by atoms with Crippen LogP contribution in [0.1, 0.15) is 24.2 Å². The lowest BCUT2D eigenvalue weighted by atomic mass is 10.1. The Bertz CT molecular complexity index is 580. The molecule has 0 amide bonds. The van der Waals surface area contributed by atoms with Crippen LogP contribution in [0.4, 0.5) is 5.95 Å². The quantitative estimate of drug-likeness (QED) is 0.855. The maximum Gasteiger partial charge on any atom is 0.224 e. The fourth-order valence-corrected chi connectivity index (χ4v) is 2.57. The summed E-state index contributed by atoms with van der Waals surface area (Å²) >= 11 is 0. The number of hydrogen-bond acceptors (Lipinski definition) is 3. The van der Waals surface area contributed by atoms with E-state index in [1.807, 2.05) is 23.9 Å². The molecule has 3 rings (SSSR count). The average Bonchev–Trinajstić information content (AvgIpc) is 3.09. The van der Waals surface area contributed by atoms with Crippen LogP contribution >= 0.6 is 0 Å². The molecule has 104 valence electrons. The Kier molecular flexibility index (Phi) is 3.81. The van der Waals surface area contributed by atoms with Gasteiger partial charge in [-0.15, -0.1) is 0 Å². The summed E-state index contributed by atoms with van der Waals surface area (Å²) in [6.07, 6.45) is 7.56. The fourth-order valence-electron chi connectivity index (χ4n) is 2.57. The Morgan fingerprint density at radius 2 is 1.90 bits per heavy atom. The van der Waals surface area contributed by atoms with Gasteiger partial charge >= 0.3 is 0 Å². The second-order valence-electron chi connectivity index (χ2n) is 5.18. The summed E-state index contributed by atoms with van der Waals surface area (Å²) in [6, 6.07) is 10.4. The number of hydrogen-bond donors (Lipinski definition) is 0. The van der Waals surface area contributed by atoms with Crippen LogP contribution in [0.15, 0.2) is 36.4 Å². The first-order valence-corrected chi connectivity index (χ1v) is 7.19. The molecule has 1 aliphatic rings. The van der Waals surface area contributed by atoms with E-state index in [9.17, 15) is 0 Å². The molecule has 1 aromatic heterocycles. The van der Waals surface area contributed by atoms with Crippen LogP contribution in [0.5, 0.6) is 0 Å². The summed E-state index contributed by atoms with van der Waals surface area (Å²) in [5.74, 6) is 1.78. The normalized spacial score (nSPS) is 15.3. The van der Waals surface area contributed by atoms with E-state index in [2.05, 4.69) is 45.3 Å². The highest BCUT2D eigenvalue weighted by molar-refractivity contribution is 5.44. The van der Waals surface area contributed by atoms with E-state index in [1.165, 1.54) is 18.4 Å². The van der Waals surface area contributed by atoms with Gasteiger partial charge in [-0.25, -0.2) is 4.68 Å². The van der Waals surface area contributed by atoms with Gasteiger partial charge in [0.05, 0.1) is 0 Å². The number of benzene rings is 1. The second-order valence-corrected chi connectivity index (χ2v) is 5.18. The zero-order chi connectivity index (χ0) is 13.8. The van der Waals surface area contributed by atoms with Crippen LogP contribution in [0, 0.1) is 0 Å². The van der Waals surface area contributed by atoms with Crippen molar-refractivity contribution in [2.45, 2.75) is 19.3 Å². The molecule has 20 heavy (non-hydrogen) atoms. The predicted octanol–water partition coefficient (Wildman–Crippen LogP) is 2.67. The minimum Gasteiger partial charge on any atom is -0.341 e. The van der Waals surface area contributed by atoms with Gasteiger partial charge in [-0.05, 0) is 30.9 Å². The molecule has 0 atom stereocenters. The third kappa shape index (κ3) is 2.90. The van der Waals surface area contributed by atoms with E-state index in [1.54, 1.807) is 0 Å². The second kappa shape index (κ2) is 5.90. The Hall–Kier alpha value is -2.10. The highest BCUT2D eigenvalue weighted by atomic mass is 15.4. The first-order chi connectivity index (χ1) is 9.83. The molecule has 1 fully saturated rings. The molecule has 0 unspecified atom stereocenters. The number of aromatic nitrogens is 3. The molecule has 4 nitrogen and oxygen atoms in total. The summed E-state index contributed by atoms with van der Waals surface area (Å²) in [5, 5.41) is 4.46. The smallest absolute Gasteiger partial charge is 0.224 e. The van der Waals surface area contributed by atoms with Crippen LogP contribution in [-0.2, 0) is 13.5 Å². The van der Waals surface area contributed by atoms with Crippen molar-refractivity contribution in [3.8, 4) is 0 Å². The van der Waals surface area contributed by atoms with Gasteiger partial charge in [-0.3, -0.25) is 0 Å². The molecule has 1 aromatic carbocycles. The maximum atomic E-state index is 4.61. The number of anilines is 1. The SMILES string of the molecule is Cn1nc(C=CCc2ccccc2)nc1N1CCCC1. The lowest BCUT2D eigenvalue weighted by Crippen LogP contribution is -2.21. The number of allylic oxidation sites excluding steroid dienone is 1. The Balaban J connectivity index is 1.67. The van der Waals surface area contributed by atoms with Crippen molar-refractivity contribution < 1.29 is 0 Å². The van der Waals surface area contributed by atoms with Gasteiger partial charge in [0, 0.05) is 20.1 Å². The minimum absolute atomic E-state index is 0.797. The molecule has 0 saturated carbocycles. The van der Waals surface area contributed by atoms with Crippen molar-refractivity contribution in [3.63, 3.8) is 0 Å². The highest BCUT2D eigenvalue weighted by Gasteiger charge is 2.17. The van der Waals surface area contributed by atoms with Gasteiger partial charge < -0.3 is 4.90 Å². The Morgan fingerprint density at radius 3 is 2.65 bits per heavy atom. The van der Waals surface area contributed by atoms with Crippen LogP contribution < -0.4 is 4.90 Å². The monoisotopic (exact) mass is 268 g/mol. The molecule has 2 aromatic rings. The van der Waals surface area contributed by atoms with Crippen molar-refractivity contribution in [3.05, 3.63) is 47.8 Å². The van der Waals surface area contributed by atoms with E-state index in [0.717, 1.165) is 31.3 Å². The standard InChI is InChI=1S/C16H20N4/c1-19-16(20-12-5-6-13-20)17-15(18-19)11-7-10-14-8-3-2-4-9-14/h2-4,7-9,11H,5-6,10,12-13H2,1H3. The molecule has 1 saturated heterocycles. The summed E-state index contributed by atoms with van der Waals surface area (Å²) in [5.41, 5.74) is 1.31. The molecular formula is C16H20N4. The molecule has 4 heteroatoms. The van der Waals surface area contributed by atoms with E-state index < -0.39 is 0 Å². The molecule has 0 N–H and O–H groups in total. The first-order valence-electron chi connectivity index (χ1n) is 7.19. The lowest BCUT2D eigenvalue weighted by molar-refractivity contribution is 0.733. The molecule has 0 aliphatic carbocycles. The molecule has 2 heterocycles. The van der Waals surface area contributed by atoms with Crippen molar-refractivity contribution in [1.29, 1.82) is 0 Å². The van der Waals surface area contributed by atoms with Crippen molar-refractivity contribution >= 4 is 12.0 Å². The largest absolute Gasteiger partial charge is 0.341 e. The molecular weight excluding hydrogens is 248 g/mol. The van der Waals surface area contributed by atoms with Crippen molar-refractivity contribution in [1.82, 2.24) is 14.8 Å². The zero-order valence-electron chi connectivity index (χ0n) is 11.9. The third-order valence-electron chi connectivity index (χ3n) is 3.61. The van der Waals surface area contributed by atoms with Gasteiger partial charge in [0.25, 0.3) is 0 Å². The number of aryl methyl sites for hydroxylation is 1. The summed E-state index contributed by atoms with van der Waals surface area (Å²) in [4.78, 5) is 6.92. The first kappa shape index (κ1) is 12.9. The van der Waals surface area contributed by atoms with Gasteiger partial charge in [0.1, 0.15) is 0 Å². The summed E-state index contributed by atoms with van der Waals surface area (Å²) in [7, 11) is 1.97. The van der Waals surface area contributed by atoms with E-state index in [-0.39, 0.29) is 0 Å². The topological polar surface area (TPSA) is 34.0 Å². The lowest BCUT2D eigenvalue weighted by Gasteiger charge is -2.14. The van der Waals surface area contributed by atoms with Crippen molar-refractivity contribution in [2.75, 3.05) is 18.0 Å². The Morgan fingerprint density at radius 1 is 1.15 bits per heavy atom. The van der Waals surface area contributed by atoms with E-state index >= 15 is 0 Å². The highest BCUT2D eigenvalue weighted by Crippen LogP contribution is 2.17. The molecule has 1 aliphatic heterocycles. The van der Waals surface area contributed by atoms with Gasteiger partial charge in [0.15, 0.2) is 5.82 Å². The fraction of sp³-hybridized carbons (Fsp3) is 0.375. The number of rotatable bonds is 4. The summed E-state index contributed by atoms with van der Waals surface area (Å²) < 4.78 is 1.88. The van der Waals surface area contributed by atoms with E-state index in [0.29, 0.717) is 0 Å². The van der Waals surface area contributed by atoms with Gasteiger partial charge in [-0.1, -0.05) is 36.4 Å². The van der Waals surface area contributed by atoms with Crippen LogP contribution in [0.2, 0.25) is 0 Å². The molecule has 0 spiro atoms. The van der Waals surface area contributed by atoms with Crippen molar-refractivity contribution in [2.24, 2.45) is 7.05 Å². The molecule has 0 radical (unpaired) electrons. The van der Waals surface area contributed by atoms with Gasteiger partial charge in [-0.2, -0.15) is 10.1 Å². The molecule has 0 bridgehead atoms. The average molecular weight is 268 g/mol. The third-order valence-corrected chi connectivity index (χ3v) is 3.61.